The molecule has 0 aromatic rings. The third kappa shape index (κ3) is 3.35. The molecule has 3 nitrogen and oxygen atoms in total. The van der Waals surface area contributed by atoms with E-state index in [1.165, 1.54) is 32.1 Å². The van der Waals surface area contributed by atoms with Crippen LogP contribution in [-0.4, -0.2) is 25.0 Å². The minimum Gasteiger partial charge on any atom is -0.352 e. The van der Waals surface area contributed by atoms with Crippen LogP contribution in [-0.2, 0) is 4.79 Å². The summed E-state index contributed by atoms with van der Waals surface area (Å²) in [6.45, 7) is 2.08. The van der Waals surface area contributed by atoms with Crippen molar-refractivity contribution in [2.75, 3.05) is 13.1 Å². The van der Waals surface area contributed by atoms with Crippen molar-refractivity contribution < 1.29 is 4.79 Å². The Labute approximate surface area is 110 Å². The van der Waals surface area contributed by atoms with Crippen molar-refractivity contribution in [1.82, 2.24) is 10.6 Å². The van der Waals surface area contributed by atoms with E-state index in [1.54, 1.807) is 0 Å². The van der Waals surface area contributed by atoms with Crippen LogP contribution in [0, 0.1) is 17.8 Å². The number of hydrogen-bond acceptors (Lipinski definition) is 2. The highest BCUT2D eigenvalue weighted by molar-refractivity contribution is 5.85. The van der Waals surface area contributed by atoms with Gasteiger partial charge in [-0.15, -0.1) is 12.4 Å². The van der Waals surface area contributed by atoms with Gasteiger partial charge in [-0.05, 0) is 56.9 Å². The Morgan fingerprint density at radius 2 is 1.76 bits per heavy atom. The maximum absolute atomic E-state index is 12.2. The Morgan fingerprint density at radius 1 is 1.12 bits per heavy atom. The number of nitrogens with one attached hydrogen (secondary N) is 2. The molecule has 1 aliphatic heterocycles. The number of halogens is 1. The van der Waals surface area contributed by atoms with Gasteiger partial charge in [0.05, 0.1) is 0 Å². The van der Waals surface area contributed by atoms with E-state index in [1.807, 2.05) is 0 Å². The lowest BCUT2D eigenvalue weighted by atomic mass is 9.96. The first-order valence-electron chi connectivity index (χ1n) is 6.85. The largest absolute Gasteiger partial charge is 0.352 e. The van der Waals surface area contributed by atoms with Crippen molar-refractivity contribution in [3.8, 4) is 0 Å². The maximum Gasteiger partial charge on any atom is 0.223 e. The van der Waals surface area contributed by atoms with Crippen LogP contribution in [0.3, 0.4) is 0 Å². The summed E-state index contributed by atoms with van der Waals surface area (Å²) >= 11 is 0. The van der Waals surface area contributed by atoms with Crippen molar-refractivity contribution in [3.63, 3.8) is 0 Å². The second-order valence-electron chi connectivity index (χ2n) is 5.75. The summed E-state index contributed by atoms with van der Waals surface area (Å²) in [5.74, 6) is 2.17. The molecule has 2 N–H and O–H groups in total. The van der Waals surface area contributed by atoms with Crippen LogP contribution in [0.5, 0.6) is 0 Å². The van der Waals surface area contributed by atoms with Crippen LogP contribution in [0.2, 0.25) is 0 Å². The highest BCUT2D eigenvalue weighted by Crippen LogP contribution is 2.49. The normalized spacial score (nSPS) is 28.6. The fourth-order valence-corrected chi connectivity index (χ4v) is 3.00. The average molecular weight is 259 g/mol. The van der Waals surface area contributed by atoms with Crippen molar-refractivity contribution >= 4 is 18.3 Å². The smallest absolute Gasteiger partial charge is 0.223 e. The molecule has 3 rings (SSSR count). The molecule has 1 heterocycles. The summed E-state index contributed by atoms with van der Waals surface area (Å²) in [6, 6.07) is 0.390. The molecule has 4 heteroatoms. The van der Waals surface area contributed by atoms with E-state index < -0.39 is 0 Å². The SMILES string of the molecule is Cl.O=C(N[C@H]1CCCNC1)C(C1CC1)C1CC1. The van der Waals surface area contributed by atoms with Gasteiger partial charge in [-0.2, -0.15) is 0 Å². The lowest BCUT2D eigenvalue weighted by molar-refractivity contribution is -0.127. The number of rotatable bonds is 4. The summed E-state index contributed by atoms with van der Waals surface area (Å²) in [5.41, 5.74) is 0. The van der Waals surface area contributed by atoms with Crippen LogP contribution < -0.4 is 10.6 Å². The van der Waals surface area contributed by atoms with Gasteiger partial charge in [-0.3, -0.25) is 4.79 Å². The second kappa shape index (κ2) is 5.57. The fraction of sp³-hybridized carbons (Fsp3) is 0.923. The first kappa shape index (κ1) is 13.2. The minimum atomic E-state index is 0. The molecule has 1 atom stereocenters. The van der Waals surface area contributed by atoms with Gasteiger partial charge >= 0.3 is 0 Å². The predicted octanol–water partition coefficient (Wildman–Crippen LogP) is 1.71. The quantitative estimate of drug-likeness (QED) is 0.806. The molecule has 0 radical (unpaired) electrons. The molecule has 0 aromatic heterocycles. The summed E-state index contributed by atoms with van der Waals surface area (Å²) < 4.78 is 0. The van der Waals surface area contributed by atoms with E-state index in [4.69, 9.17) is 0 Å². The predicted molar refractivity (Wildman–Crippen MR) is 70.2 cm³/mol. The summed E-state index contributed by atoms with van der Waals surface area (Å²) in [7, 11) is 0. The van der Waals surface area contributed by atoms with Gasteiger partial charge in [-0.25, -0.2) is 0 Å². The van der Waals surface area contributed by atoms with Gasteiger partial charge in [0.1, 0.15) is 0 Å². The fourth-order valence-electron chi connectivity index (χ4n) is 3.00. The van der Waals surface area contributed by atoms with Gasteiger partial charge in [0, 0.05) is 18.5 Å². The lowest BCUT2D eigenvalue weighted by Gasteiger charge is -2.26. The van der Waals surface area contributed by atoms with Crippen LogP contribution in [0.25, 0.3) is 0 Å². The van der Waals surface area contributed by atoms with E-state index in [2.05, 4.69) is 10.6 Å². The number of carbonyl (C=O) groups is 1. The Morgan fingerprint density at radius 3 is 2.24 bits per heavy atom. The Kier molecular flexibility index (Phi) is 4.31. The molecule has 1 saturated heterocycles. The Hall–Kier alpha value is -0.280. The van der Waals surface area contributed by atoms with Gasteiger partial charge in [0.15, 0.2) is 0 Å². The highest BCUT2D eigenvalue weighted by atomic mass is 35.5. The molecule has 1 amide bonds. The zero-order valence-electron chi connectivity index (χ0n) is 10.3. The van der Waals surface area contributed by atoms with Crippen molar-refractivity contribution in [2.24, 2.45) is 17.8 Å². The van der Waals surface area contributed by atoms with E-state index >= 15 is 0 Å². The molecule has 98 valence electrons. The third-order valence-electron chi connectivity index (χ3n) is 4.21. The van der Waals surface area contributed by atoms with Gasteiger partial charge in [0.2, 0.25) is 5.91 Å². The molecule has 0 unspecified atom stereocenters. The number of piperidine rings is 1. The zero-order chi connectivity index (χ0) is 11.0. The number of carbonyl (C=O) groups excluding carboxylic acids is 1. The van der Waals surface area contributed by atoms with Crippen molar-refractivity contribution in [3.05, 3.63) is 0 Å². The van der Waals surface area contributed by atoms with Crippen LogP contribution in [0.4, 0.5) is 0 Å². The zero-order valence-corrected chi connectivity index (χ0v) is 11.1. The Bertz CT molecular complexity index is 259. The van der Waals surface area contributed by atoms with Crippen LogP contribution >= 0.6 is 12.4 Å². The van der Waals surface area contributed by atoms with Gasteiger partial charge < -0.3 is 10.6 Å². The summed E-state index contributed by atoms with van der Waals surface area (Å²) in [4.78, 5) is 12.2. The van der Waals surface area contributed by atoms with E-state index in [0.29, 0.717) is 17.9 Å². The topological polar surface area (TPSA) is 41.1 Å². The molecule has 3 fully saturated rings. The molecule has 17 heavy (non-hydrogen) atoms. The molecular formula is C13H23ClN2O. The van der Waals surface area contributed by atoms with Crippen molar-refractivity contribution in [2.45, 2.75) is 44.6 Å². The molecule has 0 aromatic carbocycles. The first-order valence-corrected chi connectivity index (χ1v) is 6.85. The van der Waals surface area contributed by atoms with Crippen molar-refractivity contribution in [1.29, 1.82) is 0 Å². The lowest BCUT2D eigenvalue weighted by Crippen LogP contribution is -2.48. The van der Waals surface area contributed by atoms with E-state index in [9.17, 15) is 4.79 Å². The minimum absolute atomic E-state index is 0. The van der Waals surface area contributed by atoms with Crippen LogP contribution in [0.1, 0.15) is 38.5 Å². The summed E-state index contributed by atoms with van der Waals surface area (Å²) in [5, 5.41) is 6.61. The molecule has 2 saturated carbocycles. The maximum atomic E-state index is 12.2. The van der Waals surface area contributed by atoms with E-state index in [0.717, 1.165) is 31.3 Å². The van der Waals surface area contributed by atoms with Gasteiger partial charge in [0.25, 0.3) is 0 Å². The standard InChI is InChI=1S/C13H22N2O.ClH/c16-13(15-11-2-1-7-14-8-11)12(9-3-4-9)10-5-6-10;/h9-12,14H,1-8H2,(H,15,16);1H/t11-;/m0./s1. The Balaban J connectivity index is 0.00000108. The molecule has 2 aliphatic carbocycles. The third-order valence-corrected chi connectivity index (χ3v) is 4.21. The van der Waals surface area contributed by atoms with E-state index in [-0.39, 0.29) is 12.4 Å². The monoisotopic (exact) mass is 258 g/mol. The highest BCUT2D eigenvalue weighted by Gasteiger charge is 2.45. The summed E-state index contributed by atoms with van der Waals surface area (Å²) in [6.07, 6.45) is 7.51. The first-order chi connectivity index (χ1) is 7.84. The molecular weight excluding hydrogens is 236 g/mol. The molecule has 0 bridgehead atoms. The second-order valence-corrected chi connectivity index (χ2v) is 5.75. The number of hydrogen-bond donors (Lipinski definition) is 2. The van der Waals surface area contributed by atoms with Crippen LogP contribution in [0.15, 0.2) is 0 Å². The van der Waals surface area contributed by atoms with Gasteiger partial charge in [-0.1, -0.05) is 0 Å². The number of amides is 1. The molecule has 3 aliphatic rings. The molecule has 0 spiro atoms. The average Bonchev–Trinajstić information content (AvgIpc) is 3.13.